The first kappa shape index (κ1) is 21.8. The summed E-state index contributed by atoms with van der Waals surface area (Å²) < 4.78 is 22.8. The highest BCUT2D eigenvalue weighted by atomic mass is 16.6. The smallest absolute Gasteiger partial charge is 0.345 e. The summed E-state index contributed by atoms with van der Waals surface area (Å²) in [4.78, 5) is 38.9. The fourth-order valence-corrected chi connectivity index (χ4v) is 3.29. The molecule has 3 bridgehead atoms. The van der Waals surface area contributed by atoms with E-state index in [0.29, 0.717) is 11.4 Å². The molecular weight excluding hydrogens is 422 g/mol. The number of aromatic nitrogens is 2. The van der Waals surface area contributed by atoms with E-state index >= 15 is 0 Å². The van der Waals surface area contributed by atoms with E-state index in [-0.39, 0.29) is 31.0 Å². The number of hydrogen-bond donors (Lipinski definition) is 1. The molecule has 0 fully saturated rings. The Bertz CT molecular complexity index is 1060. The predicted molar refractivity (Wildman–Crippen MR) is 107 cm³/mol. The van der Waals surface area contributed by atoms with Crippen LogP contribution in [0.5, 0.6) is 17.4 Å². The summed E-state index contributed by atoms with van der Waals surface area (Å²) in [5.74, 6) is -2.57. The molecule has 0 saturated carbocycles. The first-order valence-electron chi connectivity index (χ1n) is 9.97. The van der Waals surface area contributed by atoms with Crippen LogP contribution in [-0.4, -0.2) is 63.6 Å². The zero-order valence-electron chi connectivity index (χ0n) is 17.9. The lowest BCUT2D eigenvalue weighted by atomic mass is 9.95. The molecule has 2 aliphatic heterocycles. The molecule has 0 amide bonds. The van der Waals surface area contributed by atoms with Gasteiger partial charge < -0.3 is 24.1 Å². The molecular formula is C21H23N3O8. The van der Waals surface area contributed by atoms with Crippen LogP contribution < -0.4 is 14.2 Å². The van der Waals surface area contributed by atoms with E-state index < -0.39 is 36.4 Å². The molecule has 0 spiro atoms. The number of hydrogen-bond acceptors (Lipinski definition) is 10. The molecule has 2 unspecified atom stereocenters. The Labute approximate surface area is 183 Å². The highest BCUT2D eigenvalue weighted by Crippen LogP contribution is 2.37. The second-order valence-corrected chi connectivity index (χ2v) is 7.98. The van der Waals surface area contributed by atoms with Gasteiger partial charge in [-0.2, -0.15) is 0 Å². The number of carbonyl (C=O) groups is 3. The van der Waals surface area contributed by atoms with Crippen LogP contribution >= 0.6 is 0 Å². The van der Waals surface area contributed by atoms with Gasteiger partial charge in [-0.3, -0.25) is 14.5 Å². The van der Waals surface area contributed by atoms with Crippen LogP contribution in [0.25, 0.3) is 0 Å². The number of cyclic esters (lactones) is 1. The van der Waals surface area contributed by atoms with E-state index in [9.17, 15) is 19.5 Å². The average Bonchev–Trinajstić information content (AvgIpc) is 3.00. The van der Waals surface area contributed by atoms with E-state index in [2.05, 4.69) is 5.10 Å². The van der Waals surface area contributed by atoms with Crippen LogP contribution in [0.2, 0.25) is 0 Å². The van der Waals surface area contributed by atoms with Crippen LogP contribution in [0.3, 0.4) is 0 Å². The highest BCUT2D eigenvalue weighted by Gasteiger charge is 2.47. The van der Waals surface area contributed by atoms with Gasteiger partial charge in [0.25, 0.3) is 5.88 Å². The van der Waals surface area contributed by atoms with Gasteiger partial charge in [-0.05, 0) is 38.7 Å². The minimum Gasteiger partial charge on any atom is -0.475 e. The standard InChI is InChI=1S/C21H23N3O8/c1-12(23(2)3)30-14-6-4-13(5-7-14)8-15-18-19-22-24(15)11-29-16(25)9-21(28,20(27)32-18)10-17(26)31-19/h4-7,12,28H,8-11H2,1-3H3. The fourth-order valence-electron chi connectivity index (χ4n) is 3.29. The number of fused-ring (bicyclic) bond motifs is 3. The van der Waals surface area contributed by atoms with E-state index in [1.807, 2.05) is 38.1 Å². The molecule has 170 valence electrons. The van der Waals surface area contributed by atoms with Gasteiger partial charge in [0, 0.05) is 6.42 Å². The maximum Gasteiger partial charge on any atom is 0.345 e. The van der Waals surface area contributed by atoms with Crippen molar-refractivity contribution in [2.75, 3.05) is 14.1 Å². The summed E-state index contributed by atoms with van der Waals surface area (Å²) in [6, 6.07) is 7.25. The van der Waals surface area contributed by atoms with Crippen LogP contribution in [0.4, 0.5) is 0 Å². The normalized spacial score (nSPS) is 21.5. The second-order valence-electron chi connectivity index (χ2n) is 7.98. The largest absolute Gasteiger partial charge is 0.475 e. The molecule has 3 heterocycles. The summed E-state index contributed by atoms with van der Waals surface area (Å²) in [5, 5.41) is 14.7. The fraction of sp³-hybridized carbons (Fsp3) is 0.429. The molecule has 0 aliphatic carbocycles. The Morgan fingerprint density at radius 1 is 1.16 bits per heavy atom. The molecule has 2 atom stereocenters. The Morgan fingerprint density at radius 3 is 2.53 bits per heavy atom. The Kier molecular flexibility index (Phi) is 5.61. The van der Waals surface area contributed by atoms with Crippen LogP contribution in [0.1, 0.15) is 31.0 Å². The lowest BCUT2D eigenvalue weighted by Gasteiger charge is -2.26. The van der Waals surface area contributed by atoms with Gasteiger partial charge in [0.15, 0.2) is 12.3 Å². The van der Waals surface area contributed by atoms with Crippen molar-refractivity contribution in [2.24, 2.45) is 0 Å². The van der Waals surface area contributed by atoms with E-state index in [1.165, 1.54) is 4.68 Å². The lowest BCUT2D eigenvalue weighted by molar-refractivity contribution is -0.172. The van der Waals surface area contributed by atoms with Crippen molar-refractivity contribution >= 4 is 17.9 Å². The summed E-state index contributed by atoms with van der Waals surface area (Å²) >= 11 is 0. The molecule has 0 radical (unpaired) electrons. The van der Waals surface area contributed by atoms with Crippen LogP contribution in [0, 0.1) is 0 Å². The zero-order valence-corrected chi connectivity index (χ0v) is 17.9. The van der Waals surface area contributed by atoms with Crippen molar-refractivity contribution in [3.63, 3.8) is 0 Å². The second kappa shape index (κ2) is 8.24. The number of esters is 3. The molecule has 11 heteroatoms. The number of carbonyl (C=O) groups excluding carboxylic acids is 3. The van der Waals surface area contributed by atoms with E-state index in [0.717, 1.165) is 5.56 Å². The molecule has 11 nitrogen and oxygen atoms in total. The topological polar surface area (TPSA) is 129 Å². The number of benzene rings is 1. The quantitative estimate of drug-likeness (QED) is 0.516. The summed E-state index contributed by atoms with van der Waals surface area (Å²) in [6.07, 6.45) is -1.39. The van der Waals surface area contributed by atoms with Crippen molar-refractivity contribution in [2.45, 2.75) is 44.7 Å². The van der Waals surface area contributed by atoms with Gasteiger partial charge in [-0.25, -0.2) is 9.48 Å². The van der Waals surface area contributed by atoms with Gasteiger partial charge in [-0.1, -0.05) is 12.1 Å². The van der Waals surface area contributed by atoms with Crippen molar-refractivity contribution in [1.29, 1.82) is 0 Å². The first-order valence-corrected chi connectivity index (χ1v) is 9.97. The third kappa shape index (κ3) is 4.30. The molecule has 2 aliphatic rings. The van der Waals surface area contributed by atoms with Crippen molar-refractivity contribution in [3.8, 4) is 17.4 Å². The number of rotatable bonds is 5. The lowest BCUT2D eigenvalue weighted by Crippen LogP contribution is -2.47. The molecule has 1 N–H and O–H groups in total. The summed E-state index contributed by atoms with van der Waals surface area (Å²) in [5.41, 5.74) is -1.23. The highest BCUT2D eigenvalue weighted by molar-refractivity contribution is 5.93. The van der Waals surface area contributed by atoms with Gasteiger partial charge >= 0.3 is 17.9 Å². The maximum absolute atomic E-state index is 12.6. The van der Waals surface area contributed by atoms with Crippen LogP contribution in [-0.2, 0) is 32.3 Å². The van der Waals surface area contributed by atoms with Gasteiger partial charge in [-0.15, -0.1) is 5.10 Å². The number of nitrogens with zero attached hydrogens (tertiary/aromatic N) is 3. The Hall–Kier alpha value is -3.44. The SMILES string of the molecule is CC(Oc1ccc(Cc2c3c4nn2COC(=O)CC(O)(CC(=O)O4)C(=O)O3)cc1)N(C)C. The average molecular weight is 445 g/mol. The van der Waals surface area contributed by atoms with Gasteiger partial charge in [0.1, 0.15) is 12.0 Å². The Morgan fingerprint density at radius 2 is 1.84 bits per heavy atom. The monoisotopic (exact) mass is 445 g/mol. The third-order valence-electron chi connectivity index (χ3n) is 5.31. The molecule has 1 aromatic heterocycles. The van der Waals surface area contributed by atoms with Crippen molar-refractivity contribution in [3.05, 3.63) is 35.5 Å². The van der Waals surface area contributed by atoms with Crippen molar-refractivity contribution in [1.82, 2.24) is 14.7 Å². The Balaban J connectivity index is 1.67. The zero-order chi connectivity index (χ0) is 23.0. The number of aliphatic hydroxyl groups is 1. The van der Waals surface area contributed by atoms with E-state index in [4.69, 9.17) is 18.9 Å². The number of ether oxygens (including phenoxy) is 4. The maximum atomic E-state index is 12.6. The molecule has 0 saturated heterocycles. The predicted octanol–water partition coefficient (Wildman–Crippen LogP) is 0.610. The van der Waals surface area contributed by atoms with Crippen LogP contribution in [0.15, 0.2) is 24.3 Å². The summed E-state index contributed by atoms with van der Waals surface area (Å²) in [6.45, 7) is 1.63. The third-order valence-corrected chi connectivity index (χ3v) is 5.31. The van der Waals surface area contributed by atoms with E-state index in [1.54, 1.807) is 12.1 Å². The molecule has 4 rings (SSSR count). The minimum absolute atomic E-state index is 0.0963. The molecule has 2 aromatic rings. The molecule has 1 aromatic carbocycles. The van der Waals surface area contributed by atoms with Crippen molar-refractivity contribution < 1.29 is 38.4 Å². The molecule has 32 heavy (non-hydrogen) atoms. The van der Waals surface area contributed by atoms with Gasteiger partial charge in [0.05, 0.1) is 18.5 Å². The summed E-state index contributed by atoms with van der Waals surface area (Å²) in [7, 11) is 3.82. The first-order chi connectivity index (χ1) is 15.1. The minimum atomic E-state index is -2.38. The van der Waals surface area contributed by atoms with Gasteiger partial charge in [0.2, 0.25) is 5.75 Å².